The summed E-state index contributed by atoms with van der Waals surface area (Å²) in [5.74, 6) is 0.567. The highest BCUT2D eigenvalue weighted by Gasteiger charge is 2.48. The number of aliphatic carboxylic acids is 1. The van der Waals surface area contributed by atoms with Crippen LogP contribution in [-0.2, 0) is 14.8 Å². The molecule has 3 rings (SSSR count). The first-order chi connectivity index (χ1) is 12.5. The lowest BCUT2D eigenvalue weighted by molar-refractivity contribution is -0.131. The highest BCUT2D eigenvalue weighted by molar-refractivity contribution is 7.89. The van der Waals surface area contributed by atoms with E-state index in [1.54, 1.807) is 30.3 Å². The molecule has 0 spiro atoms. The van der Waals surface area contributed by atoms with Crippen LogP contribution in [-0.4, -0.2) is 25.5 Å². The second-order valence-corrected chi connectivity index (χ2v) is 9.20. The van der Waals surface area contributed by atoms with E-state index >= 15 is 0 Å². The number of carboxylic acids is 1. The summed E-state index contributed by atoms with van der Waals surface area (Å²) in [5.41, 5.74) is 0. The molecule has 0 amide bonds. The molecule has 1 aromatic rings. The number of carboxylic acid groups (broad SMARTS) is 1. The van der Waals surface area contributed by atoms with E-state index in [2.05, 4.69) is 4.72 Å². The number of unbranched alkanes of at least 4 members (excludes halogenated alkanes) is 2. The largest absolute Gasteiger partial charge is 0.478 e. The summed E-state index contributed by atoms with van der Waals surface area (Å²) in [6.07, 6.45) is 10.0. The predicted octanol–water partition coefficient (Wildman–Crippen LogP) is 3.58. The van der Waals surface area contributed by atoms with Crippen LogP contribution in [0.4, 0.5) is 0 Å². The Balaban J connectivity index is 1.58. The number of allylic oxidation sites excluding steroid dienone is 1. The van der Waals surface area contributed by atoms with Crippen molar-refractivity contribution in [3.63, 3.8) is 0 Å². The third kappa shape index (κ3) is 4.54. The lowest BCUT2D eigenvalue weighted by atomic mass is 9.81. The first-order valence-electron chi connectivity index (χ1n) is 9.44. The topological polar surface area (TPSA) is 83.5 Å². The Hall–Kier alpha value is -1.66. The standard InChI is InChI=1S/C20H27NO4S/c22-19(23)11-7-2-1-6-10-18-15-12-13-16(14-15)20(18)21-26(24,25)17-8-4-3-5-9-17/h3-5,7-9,11,15-16,18,20-21H,1-2,6,10,12-14H2,(H,22,23)/b11-7+/t15-,16+,18+,20+/m0/s1. The molecule has 142 valence electrons. The van der Waals surface area contributed by atoms with Gasteiger partial charge in [-0.15, -0.1) is 0 Å². The zero-order valence-corrected chi connectivity index (χ0v) is 15.7. The van der Waals surface area contributed by atoms with E-state index in [-0.39, 0.29) is 6.04 Å². The third-order valence-corrected chi connectivity index (χ3v) is 7.33. The van der Waals surface area contributed by atoms with Crippen LogP contribution in [0.2, 0.25) is 0 Å². The van der Waals surface area contributed by atoms with Crippen LogP contribution in [0.25, 0.3) is 0 Å². The van der Waals surface area contributed by atoms with Gasteiger partial charge in [0.15, 0.2) is 0 Å². The van der Waals surface area contributed by atoms with Gasteiger partial charge in [-0.2, -0.15) is 0 Å². The van der Waals surface area contributed by atoms with Crippen LogP contribution in [0.3, 0.4) is 0 Å². The Morgan fingerprint density at radius 1 is 1.15 bits per heavy atom. The van der Waals surface area contributed by atoms with Crippen LogP contribution in [0, 0.1) is 17.8 Å². The predicted molar refractivity (Wildman–Crippen MR) is 100 cm³/mol. The molecule has 1 aromatic carbocycles. The molecule has 2 N–H and O–H groups in total. The molecule has 2 aliphatic carbocycles. The minimum Gasteiger partial charge on any atom is -0.478 e. The Morgan fingerprint density at radius 2 is 1.88 bits per heavy atom. The fourth-order valence-corrected chi connectivity index (χ4v) is 6.06. The van der Waals surface area contributed by atoms with E-state index in [0.717, 1.165) is 38.5 Å². The van der Waals surface area contributed by atoms with Crippen molar-refractivity contribution in [1.29, 1.82) is 0 Å². The molecule has 0 radical (unpaired) electrons. The Labute approximate surface area is 155 Å². The van der Waals surface area contributed by atoms with Crippen molar-refractivity contribution < 1.29 is 18.3 Å². The SMILES string of the molecule is O=C(O)/C=C/CCCC[C@@H]1[C@H]2CC[C@H](C2)[C@H]1NS(=O)(=O)c1ccccc1. The average Bonchev–Trinajstić information content (AvgIpc) is 3.20. The van der Waals surface area contributed by atoms with Gasteiger partial charge in [-0.1, -0.05) is 30.7 Å². The normalized spacial score (nSPS) is 28.0. The zero-order valence-electron chi connectivity index (χ0n) is 14.9. The van der Waals surface area contributed by atoms with Gasteiger partial charge in [0.05, 0.1) is 4.90 Å². The number of nitrogens with one attached hydrogen (secondary N) is 1. The summed E-state index contributed by atoms with van der Waals surface area (Å²) in [6, 6.07) is 8.62. The molecular formula is C20H27NO4S. The van der Waals surface area contributed by atoms with Crippen LogP contribution in [0.5, 0.6) is 0 Å². The van der Waals surface area contributed by atoms with E-state index in [9.17, 15) is 13.2 Å². The number of carbonyl (C=O) groups is 1. The summed E-state index contributed by atoms with van der Waals surface area (Å²) in [7, 11) is -3.47. The number of rotatable bonds is 9. The van der Waals surface area contributed by atoms with Crippen molar-refractivity contribution in [3.8, 4) is 0 Å². The summed E-state index contributed by atoms with van der Waals surface area (Å²) in [4.78, 5) is 10.8. The number of fused-ring (bicyclic) bond motifs is 2. The molecule has 2 bridgehead atoms. The lowest BCUT2D eigenvalue weighted by Crippen LogP contribution is -2.43. The fourth-order valence-electron chi connectivity index (χ4n) is 4.68. The summed E-state index contributed by atoms with van der Waals surface area (Å²) in [6.45, 7) is 0. The molecule has 0 heterocycles. The van der Waals surface area contributed by atoms with E-state index in [1.807, 2.05) is 6.07 Å². The van der Waals surface area contributed by atoms with Crippen LogP contribution in [0.1, 0.15) is 44.9 Å². The zero-order chi connectivity index (χ0) is 18.6. The van der Waals surface area contributed by atoms with Crippen molar-refractivity contribution in [3.05, 3.63) is 42.5 Å². The van der Waals surface area contributed by atoms with Crippen molar-refractivity contribution in [2.24, 2.45) is 17.8 Å². The maximum absolute atomic E-state index is 12.7. The van der Waals surface area contributed by atoms with Crippen molar-refractivity contribution >= 4 is 16.0 Å². The Morgan fingerprint density at radius 3 is 2.62 bits per heavy atom. The van der Waals surface area contributed by atoms with Crippen molar-refractivity contribution in [2.45, 2.75) is 55.9 Å². The Kier molecular flexibility index (Phi) is 6.14. The number of benzene rings is 1. The molecule has 2 aliphatic rings. The van der Waals surface area contributed by atoms with Crippen molar-refractivity contribution in [1.82, 2.24) is 4.72 Å². The molecule has 2 saturated carbocycles. The van der Waals surface area contributed by atoms with Crippen LogP contribution in [0.15, 0.2) is 47.4 Å². The molecule has 0 saturated heterocycles. The quantitative estimate of drug-likeness (QED) is 0.509. The van der Waals surface area contributed by atoms with Gasteiger partial charge in [0.25, 0.3) is 0 Å². The first kappa shape index (κ1) is 19.1. The molecule has 0 aliphatic heterocycles. The van der Waals surface area contributed by atoms with E-state index in [1.165, 1.54) is 12.5 Å². The molecular weight excluding hydrogens is 350 g/mol. The smallest absolute Gasteiger partial charge is 0.327 e. The highest BCUT2D eigenvalue weighted by Crippen LogP contribution is 2.50. The van der Waals surface area contributed by atoms with Gasteiger partial charge in [0.2, 0.25) is 10.0 Å². The number of sulfonamides is 1. The molecule has 2 fully saturated rings. The van der Waals surface area contributed by atoms with Crippen molar-refractivity contribution in [2.75, 3.05) is 0 Å². The molecule has 0 aromatic heterocycles. The van der Waals surface area contributed by atoms with Gasteiger partial charge in [-0.25, -0.2) is 17.9 Å². The van der Waals surface area contributed by atoms with Gasteiger partial charge in [-0.05, 0) is 68.4 Å². The average molecular weight is 378 g/mol. The lowest BCUT2D eigenvalue weighted by Gasteiger charge is -2.31. The van der Waals surface area contributed by atoms with Gasteiger partial charge in [0.1, 0.15) is 0 Å². The van der Waals surface area contributed by atoms with E-state index in [0.29, 0.717) is 22.6 Å². The first-order valence-corrected chi connectivity index (χ1v) is 10.9. The summed E-state index contributed by atoms with van der Waals surface area (Å²) >= 11 is 0. The second-order valence-electron chi connectivity index (χ2n) is 7.48. The monoisotopic (exact) mass is 377 g/mol. The minimum absolute atomic E-state index is 0.0357. The molecule has 4 atom stereocenters. The van der Waals surface area contributed by atoms with Gasteiger partial charge < -0.3 is 5.11 Å². The summed E-state index contributed by atoms with van der Waals surface area (Å²) < 4.78 is 28.4. The summed E-state index contributed by atoms with van der Waals surface area (Å²) in [5, 5.41) is 8.60. The van der Waals surface area contributed by atoms with E-state index < -0.39 is 16.0 Å². The molecule has 6 heteroatoms. The van der Waals surface area contributed by atoms with Crippen LogP contribution < -0.4 is 4.72 Å². The maximum Gasteiger partial charge on any atom is 0.327 e. The molecule has 0 unspecified atom stereocenters. The Bertz CT molecular complexity index is 744. The third-order valence-electron chi connectivity index (χ3n) is 5.85. The highest BCUT2D eigenvalue weighted by atomic mass is 32.2. The van der Waals surface area contributed by atoms with Gasteiger partial charge >= 0.3 is 5.97 Å². The van der Waals surface area contributed by atoms with Crippen LogP contribution >= 0.6 is 0 Å². The van der Waals surface area contributed by atoms with Gasteiger partial charge in [0, 0.05) is 12.1 Å². The molecule has 26 heavy (non-hydrogen) atoms. The fraction of sp³-hybridized carbons (Fsp3) is 0.550. The second kappa shape index (κ2) is 8.35. The van der Waals surface area contributed by atoms with E-state index in [4.69, 9.17) is 5.11 Å². The number of hydrogen-bond acceptors (Lipinski definition) is 3. The molecule has 5 nitrogen and oxygen atoms in total. The minimum atomic E-state index is -3.47. The van der Waals surface area contributed by atoms with Gasteiger partial charge in [-0.3, -0.25) is 0 Å². The maximum atomic E-state index is 12.7. The number of hydrogen-bond donors (Lipinski definition) is 2.